The number of halogens is 5. The van der Waals surface area contributed by atoms with E-state index in [0.717, 1.165) is 70.8 Å². The number of hydrogen-bond acceptors (Lipinski definition) is 6. The summed E-state index contributed by atoms with van der Waals surface area (Å²) in [6, 6.07) is 8.43. The van der Waals surface area contributed by atoms with Gasteiger partial charge in [0, 0.05) is 36.4 Å². The van der Waals surface area contributed by atoms with Gasteiger partial charge in [-0.2, -0.15) is 0 Å². The Kier molecular flexibility index (Phi) is 9.31. The zero-order valence-electron chi connectivity index (χ0n) is 22.5. The Labute approximate surface area is 267 Å². The van der Waals surface area contributed by atoms with Gasteiger partial charge < -0.3 is 19.7 Å². The third-order valence-electron chi connectivity index (χ3n) is 7.73. The van der Waals surface area contributed by atoms with Crippen molar-refractivity contribution in [3.63, 3.8) is 0 Å². The first-order valence-electron chi connectivity index (χ1n) is 13.8. The molecular weight excluding hydrogens is 643 g/mol. The molecule has 2 aromatic carbocycles. The Hall–Kier alpha value is -1.91. The summed E-state index contributed by atoms with van der Waals surface area (Å²) in [6.07, 6.45) is 6.56. The fraction of sp³-hybridized carbons (Fsp3) is 0.400. The average Bonchev–Trinajstić information content (AvgIpc) is 3.57. The van der Waals surface area contributed by atoms with Crippen LogP contribution in [0.25, 0.3) is 5.57 Å². The monoisotopic (exact) mass is 669 g/mol. The average molecular weight is 671 g/mol. The number of carbonyl (C=O) groups excluding carboxylic acids is 1. The second-order valence-electron chi connectivity index (χ2n) is 10.7. The largest absolute Gasteiger partial charge is 0.488 e. The lowest BCUT2D eigenvalue weighted by molar-refractivity contribution is -0.128. The van der Waals surface area contributed by atoms with Crippen LogP contribution in [0.1, 0.15) is 47.6 Å². The van der Waals surface area contributed by atoms with Gasteiger partial charge in [-0.15, -0.1) is 11.3 Å². The lowest BCUT2D eigenvalue weighted by atomic mass is 9.93. The molecule has 1 aromatic heterocycles. The predicted octanol–water partition coefficient (Wildman–Crippen LogP) is 7.96. The molecule has 1 aliphatic carbocycles. The van der Waals surface area contributed by atoms with Gasteiger partial charge in [0.25, 0.3) is 5.91 Å². The topological polar surface area (TPSA) is 63.7 Å². The maximum Gasteiger partial charge on any atom is 0.252 e. The summed E-state index contributed by atoms with van der Waals surface area (Å²) in [7, 11) is 0. The Bertz CT molecular complexity index is 1510. The number of nitrogens with one attached hydrogen (secondary N) is 1. The van der Waals surface area contributed by atoms with E-state index in [1.807, 2.05) is 23.2 Å². The molecule has 2 fully saturated rings. The highest BCUT2D eigenvalue weighted by molar-refractivity contribution is 7.12. The number of benzene rings is 2. The minimum Gasteiger partial charge on any atom is -0.488 e. The molecule has 2 bridgehead atoms. The normalized spacial score (nSPS) is 19.8. The van der Waals surface area contributed by atoms with Crippen molar-refractivity contribution >= 4 is 69.2 Å². The molecule has 0 radical (unpaired) electrons. The lowest BCUT2D eigenvalue weighted by Gasteiger charge is -2.31. The molecule has 0 spiro atoms. The van der Waals surface area contributed by atoms with E-state index in [1.165, 1.54) is 0 Å². The molecule has 3 aromatic rings. The quantitative estimate of drug-likeness (QED) is 0.210. The molecule has 1 N–H and O–H groups in total. The number of amides is 1. The standard InChI is InChI=1S/C30H28Cl4FN3O3S/c31-21-3-1-2-16(28(21)34)14-38(19-5-6-19)30(39)27-20(12-18-4-7-24(27)37-18)25-13-36-26(42-25)15-40-8-9-41-29-22(32)10-17(35)11-23(29)33/h1-3,10-11,13,18-19,24,37H,4-9,12,14-15H2/t18-,24+/m0/s1. The van der Waals surface area contributed by atoms with E-state index in [4.69, 9.17) is 55.9 Å². The van der Waals surface area contributed by atoms with Crippen LogP contribution in [0.15, 0.2) is 42.1 Å². The van der Waals surface area contributed by atoms with E-state index < -0.39 is 5.82 Å². The first-order valence-corrected chi connectivity index (χ1v) is 16.1. The second-order valence-corrected chi connectivity index (χ2v) is 13.4. The summed E-state index contributed by atoms with van der Waals surface area (Å²) in [5.74, 6) is -0.245. The van der Waals surface area contributed by atoms with Gasteiger partial charge in [0.2, 0.25) is 0 Å². The van der Waals surface area contributed by atoms with Crippen molar-refractivity contribution in [2.24, 2.45) is 0 Å². The summed E-state index contributed by atoms with van der Waals surface area (Å²) >= 11 is 26.4. The highest BCUT2D eigenvalue weighted by Gasteiger charge is 2.42. The molecule has 3 heterocycles. The Morgan fingerprint density at radius 2 is 1.86 bits per heavy atom. The number of ether oxygens (including phenoxy) is 2. The molecule has 6 nitrogen and oxygen atoms in total. The van der Waals surface area contributed by atoms with Crippen LogP contribution in [0.4, 0.5) is 4.39 Å². The van der Waals surface area contributed by atoms with E-state index in [1.54, 1.807) is 17.4 Å². The van der Waals surface area contributed by atoms with Crippen LogP contribution in [-0.4, -0.2) is 47.1 Å². The van der Waals surface area contributed by atoms with Gasteiger partial charge in [-0.05, 0) is 61.4 Å². The Morgan fingerprint density at radius 1 is 1.07 bits per heavy atom. The lowest BCUT2D eigenvalue weighted by Crippen LogP contribution is -2.44. The molecule has 0 unspecified atom stereocenters. The molecular formula is C30H28Cl4FN3O3S. The molecule has 6 rings (SSSR count). The fourth-order valence-corrected chi connectivity index (χ4v) is 7.47. The fourth-order valence-electron chi connectivity index (χ4n) is 5.59. The summed E-state index contributed by atoms with van der Waals surface area (Å²) in [4.78, 5) is 21.8. The van der Waals surface area contributed by atoms with Crippen LogP contribution < -0.4 is 10.1 Å². The second kappa shape index (κ2) is 13.0. The van der Waals surface area contributed by atoms with Crippen LogP contribution in [0, 0.1) is 5.82 Å². The third-order valence-corrected chi connectivity index (χ3v) is 10.2. The van der Waals surface area contributed by atoms with E-state index in [9.17, 15) is 9.18 Å². The highest BCUT2D eigenvalue weighted by atomic mass is 35.5. The van der Waals surface area contributed by atoms with Crippen LogP contribution in [0.3, 0.4) is 0 Å². The third kappa shape index (κ3) is 6.60. The Balaban J connectivity index is 1.15. The van der Waals surface area contributed by atoms with Crippen LogP contribution >= 0.6 is 57.7 Å². The maximum absolute atomic E-state index is 14.2. The van der Waals surface area contributed by atoms with Crippen LogP contribution in [-0.2, 0) is 22.7 Å². The Morgan fingerprint density at radius 3 is 2.62 bits per heavy atom. The number of nitrogens with zero attached hydrogens (tertiary/aromatic N) is 2. The van der Waals surface area contributed by atoms with Gasteiger partial charge in [0.1, 0.15) is 17.4 Å². The minimum atomic E-state index is -0.527. The number of hydrogen-bond donors (Lipinski definition) is 1. The molecule has 12 heteroatoms. The highest BCUT2D eigenvalue weighted by Crippen LogP contribution is 2.42. The summed E-state index contributed by atoms with van der Waals surface area (Å²) in [5.41, 5.74) is 2.76. The van der Waals surface area contributed by atoms with Crippen molar-refractivity contribution in [3.8, 4) is 5.75 Å². The number of thiazole rings is 1. The maximum atomic E-state index is 14.2. The van der Waals surface area contributed by atoms with E-state index >= 15 is 0 Å². The van der Waals surface area contributed by atoms with Crippen LogP contribution in [0.2, 0.25) is 20.1 Å². The summed E-state index contributed by atoms with van der Waals surface area (Å²) < 4.78 is 24.8. The molecule has 1 amide bonds. The van der Waals surface area contributed by atoms with E-state index in [-0.39, 0.29) is 47.0 Å². The SMILES string of the molecule is O=C(C1=C(c2cnc(COCCOc3c(Cl)cc(F)cc3Cl)s2)C[C@@H]2CC[C@H]1N2)N(Cc1cccc(Cl)c1Cl)C1CC1. The van der Waals surface area contributed by atoms with Crippen molar-refractivity contribution in [1.82, 2.24) is 15.2 Å². The van der Waals surface area contributed by atoms with E-state index in [2.05, 4.69) is 10.3 Å². The summed E-state index contributed by atoms with van der Waals surface area (Å²) in [6.45, 7) is 1.17. The van der Waals surface area contributed by atoms with Gasteiger partial charge in [0.15, 0.2) is 5.75 Å². The van der Waals surface area contributed by atoms with Crippen LogP contribution in [0.5, 0.6) is 5.75 Å². The zero-order chi connectivity index (χ0) is 29.4. The van der Waals surface area contributed by atoms with Gasteiger partial charge >= 0.3 is 0 Å². The van der Waals surface area contributed by atoms with Crippen molar-refractivity contribution < 1.29 is 18.7 Å². The minimum absolute atomic E-state index is 0.0198. The van der Waals surface area contributed by atoms with Gasteiger partial charge in [0.05, 0.1) is 38.2 Å². The van der Waals surface area contributed by atoms with Crippen molar-refractivity contribution in [1.29, 1.82) is 0 Å². The van der Waals surface area contributed by atoms with Gasteiger partial charge in [-0.3, -0.25) is 4.79 Å². The number of carbonyl (C=O) groups is 1. The van der Waals surface area contributed by atoms with E-state index in [0.29, 0.717) is 29.2 Å². The molecule has 1 saturated carbocycles. The first kappa shape index (κ1) is 30.1. The zero-order valence-corrected chi connectivity index (χ0v) is 26.3. The number of fused-ring (bicyclic) bond motifs is 2. The molecule has 2 atom stereocenters. The van der Waals surface area contributed by atoms with Crippen molar-refractivity contribution in [2.75, 3.05) is 13.2 Å². The van der Waals surface area contributed by atoms with Gasteiger partial charge in [-0.25, -0.2) is 9.37 Å². The first-order chi connectivity index (χ1) is 20.3. The molecule has 1 saturated heterocycles. The van der Waals surface area contributed by atoms with Crippen molar-refractivity contribution in [2.45, 2.75) is 63.4 Å². The number of aromatic nitrogens is 1. The molecule has 3 aliphatic rings. The summed E-state index contributed by atoms with van der Waals surface area (Å²) in [5, 5.41) is 5.66. The smallest absolute Gasteiger partial charge is 0.252 e. The molecule has 2 aliphatic heterocycles. The van der Waals surface area contributed by atoms with Gasteiger partial charge in [-0.1, -0.05) is 58.5 Å². The molecule has 222 valence electrons. The number of rotatable bonds is 11. The molecule has 42 heavy (non-hydrogen) atoms. The van der Waals surface area contributed by atoms with Crippen molar-refractivity contribution in [3.05, 3.63) is 83.5 Å². The predicted molar refractivity (Wildman–Crippen MR) is 165 cm³/mol.